The Hall–Kier alpha value is -1.43. The highest BCUT2D eigenvalue weighted by atomic mass is 16.5. The number of aromatic nitrogens is 2. The Kier molecular flexibility index (Phi) is 4.42. The van der Waals surface area contributed by atoms with Gasteiger partial charge in [-0.25, -0.2) is 0 Å². The first-order valence-corrected chi connectivity index (χ1v) is 7.07. The van der Waals surface area contributed by atoms with Gasteiger partial charge in [0.2, 0.25) is 11.8 Å². The molecule has 1 amide bonds. The molecule has 0 aliphatic carbocycles. The van der Waals surface area contributed by atoms with Gasteiger partial charge < -0.3 is 14.6 Å². The molecule has 0 radical (unpaired) electrons. The maximum atomic E-state index is 11.9. The van der Waals surface area contributed by atoms with Crippen LogP contribution in [0.2, 0.25) is 0 Å². The number of hydrogen-bond acceptors (Lipinski definition) is 5. The van der Waals surface area contributed by atoms with Crippen LogP contribution in [0.15, 0.2) is 4.52 Å². The molecule has 0 unspecified atom stereocenters. The Bertz CT molecular complexity index is 458. The second kappa shape index (κ2) is 5.91. The Morgan fingerprint density at radius 3 is 2.80 bits per heavy atom. The molecule has 1 fully saturated rings. The van der Waals surface area contributed by atoms with Crippen LogP contribution in [0.5, 0.6) is 0 Å². The summed E-state index contributed by atoms with van der Waals surface area (Å²) < 4.78 is 10.5. The fourth-order valence-electron chi connectivity index (χ4n) is 2.08. The number of amides is 1. The van der Waals surface area contributed by atoms with Gasteiger partial charge in [-0.2, -0.15) is 4.98 Å². The van der Waals surface area contributed by atoms with Crippen LogP contribution in [0.25, 0.3) is 0 Å². The lowest BCUT2D eigenvalue weighted by atomic mass is 9.96. The van der Waals surface area contributed by atoms with Crippen LogP contribution in [0.4, 0.5) is 0 Å². The number of nitrogens with one attached hydrogen (secondary N) is 1. The van der Waals surface area contributed by atoms with Crippen molar-refractivity contribution in [1.29, 1.82) is 0 Å². The Morgan fingerprint density at radius 1 is 1.50 bits per heavy atom. The molecule has 0 spiro atoms. The van der Waals surface area contributed by atoms with Gasteiger partial charge in [0.25, 0.3) is 0 Å². The molecule has 1 aliphatic heterocycles. The van der Waals surface area contributed by atoms with E-state index in [1.807, 2.05) is 27.7 Å². The molecule has 1 aliphatic rings. The summed E-state index contributed by atoms with van der Waals surface area (Å²) in [5.74, 6) is 1.43. The Labute approximate surface area is 119 Å². The standard InChI is InChI=1S/C14H23N3O3/c1-9(12-16-13(17-20-12)14(2,3)4)15-11(18)7-10-5-6-19-8-10/h9-10H,5-8H2,1-4H3,(H,15,18)/t9-,10-/m1/s1. The van der Waals surface area contributed by atoms with Crippen molar-refractivity contribution < 1.29 is 14.1 Å². The zero-order valence-electron chi connectivity index (χ0n) is 12.6. The lowest BCUT2D eigenvalue weighted by molar-refractivity contribution is -0.122. The second-order valence-corrected chi connectivity index (χ2v) is 6.43. The van der Waals surface area contributed by atoms with Gasteiger partial charge in [0.1, 0.15) is 6.04 Å². The quantitative estimate of drug-likeness (QED) is 0.913. The Balaban J connectivity index is 1.89. The molecule has 20 heavy (non-hydrogen) atoms. The highest BCUT2D eigenvalue weighted by molar-refractivity contribution is 5.76. The summed E-state index contributed by atoms with van der Waals surface area (Å²) in [6.45, 7) is 9.34. The van der Waals surface area contributed by atoms with E-state index in [2.05, 4.69) is 15.5 Å². The van der Waals surface area contributed by atoms with Gasteiger partial charge in [-0.1, -0.05) is 25.9 Å². The average molecular weight is 281 g/mol. The molecule has 2 rings (SSSR count). The predicted octanol–water partition coefficient (Wildman–Crippen LogP) is 1.97. The van der Waals surface area contributed by atoms with E-state index in [-0.39, 0.29) is 17.4 Å². The fraction of sp³-hybridized carbons (Fsp3) is 0.786. The van der Waals surface area contributed by atoms with Crippen molar-refractivity contribution in [2.45, 2.75) is 52.0 Å². The molecule has 112 valence electrons. The molecule has 2 heterocycles. The molecule has 0 aromatic carbocycles. The maximum Gasteiger partial charge on any atom is 0.248 e. The van der Waals surface area contributed by atoms with Crippen LogP contribution in [0.1, 0.15) is 58.3 Å². The van der Waals surface area contributed by atoms with Gasteiger partial charge in [-0.3, -0.25) is 4.79 Å². The number of rotatable bonds is 4. The number of carbonyl (C=O) groups excluding carboxylic acids is 1. The van der Waals surface area contributed by atoms with Crippen LogP contribution < -0.4 is 5.32 Å². The van der Waals surface area contributed by atoms with E-state index in [0.717, 1.165) is 13.0 Å². The minimum Gasteiger partial charge on any atom is -0.381 e. The van der Waals surface area contributed by atoms with E-state index in [9.17, 15) is 4.79 Å². The molecular weight excluding hydrogens is 258 g/mol. The van der Waals surface area contributed by atoms with Gasteiger partial charge in [0, 0.05) is 25.0 Å². The van der Waals surface area contributed by atoms with Crippen LogP contribution in [-0.2, 0) is 14.9 Å². The van der Waals surface area contributed by atoms with Crippen LogP contribution in [-0.4, -0.2) is 29.3 Å². The zero-order chi connectivity index (χ0) is 14.8. The summed E-state index contributed by atoms with van der Waals surface area (Å²) in [6, 6.07) is -0.270. The van der Waals surface area contributed by atoms with E-state index in [1.165, 1.54) is 0 Å². The number of carbonyl (C=O) groups is 1. The van der Waals surface area contributed by atoms with Crippen molar-refractivity contribution >= 4 is 5.91 Å². The third-order valence-electron chi connectivity index (χ3n) is 3.36. The van der Waals surface area contributed by atoms with Gasteiger partial charge >= 0.3 is 0 Å². The first kappa shape index (κ1) is 15.0. The summed E-state index contributed by atoms with van der Waals surface area (Å²) in [6.07, 6.45) is 1.45. The normalized spacial score (nSPS) is 20.9. The summed E-state index contributed by atoms with van der Waals surface area (Å²) in [4.78, 5) is 16.3. The highest BCUT2D eigenvalue weighted by Crippen LogP contribution is 2.21. The van der Waals surface area contributed by atoms with Crippen LogP contribution in [0, 0.1) is 5.92 Å². The third-order valence-corrected chi connectivity index (χ3v) is 3.36. The van der Waals surface area contributed by atoms with Crippen molar-refractivity contribution in [2.75, 3.05) is 13.2 Å². The summed E-state index contributed by atoms with van der Waals surface area (Å²) in [7, 11) is 0. The second-order valence-electron chi connectivity index (χ2n) is 6.43. The molecule has 2 atom stereocenters. The molecule has 1 saturated heterocycles. The van der Waals surface area contributed by atoms with Gasteiger partial charge in [0.05, 0.1) is 0 Å². The number of ether oxygens (including phenoxy) is 1. The largest absolute Gasteiger partial charge is 0.381 e. The lowest BCUT2D eigenvalue weighted by Crippen LogP contribution is -2.28. The van der Waals surface area contributed by atoms with Crippen LogP contribution >= 0.6 is 0 Å². The average Bonchev–Trinajstić information content (AvgIpc) is 2.97. The monoisotopic (exact) mass is 281 g/mol. The molecule has 1 N–H and O–H groups in total. The van der Waals surface area contributed by atoms with Crippen molar-refractivity contribution in [3.8, 4) is 0 Å². The fourth-order valence-corrected chi connectivity index (χ4v) is 2.08. The van der Waals surface area contributed by atoms with Crippen molar-refractivity contribution in [3.05, 3.63) is 11.7 Å². The summed E-state index contributed by atoms with van der Waals surface area (Å²) >= 11 is 0. The summed E-state index contributed by atoms with van der Waals surface area (Å²) in [5, 5.41) is 6.86. The van der Waals surface area contributed by atoms with Crippen molar-refractivity contribution in [1.82, 2.24) is 15.5 Å². The van der Waals surface area contributed by atoms with Crippen molar-refractivity contribution in [3.63, 3.8) is 0 Å². The topological polar surface area (TPSA) is 77.2 Å². The number of hydrogen-bond donors (Lipinski definition) is 1. The van der Waals surface area contributed by atoms with E-state index in [0.29, 0.717) is 30.7 Å². The number of nitrogens with zero attached hydrogens (tertiary/aromatic N) is 2. The molecule has 0 bridgehead atoms. The SMILES string of the molecule is C[C@@H](NC(=O)C[C@H]1CCOC1)c1nc(C(C)(C)C)no1. The first-order chi connectivity index (χ1) is 9.36. The molecule has 6 nitrogen and oxygen atoms in total. The summed E-state index contributed by atoms with van der Waals surface area (Å²) in [5.41, 5.74) is -0.160. The minimum atomic E-state index is -0.270. The molecule has 1 aromatic heterocycles. The molecule has 6 heteroatoms. The van der Waals surface area contributed by atoms with Crippen LogP contribution in [0.3, 0.4) is 0 Å². The maximum absolute atomic E-state index is 11.9. The molecule has 0 saturated carbocycles. The first-order valence-electron chi connectivity index (χ1n) is 7.07. The van der Waals surface area contributed by atoms with E-state index in [4.69, 9.17) is 9.26 Å². The molecular formula is C14H23N3O3. The molecule has 1 aromatic rings. The predicted molar refractivity (Wildman–Crippen MR) is 73.1 cm³/mol. The minimum absolute atomic E-state index is 0.00325. The van der Waals surface area contributed by atoms with E-state index >= 15 is 0 Å². The van der Waals surface area contributed by atoms with E-state index < -0.39 is 0 Å². The van der Waals surface area contributed by atoms with Gasteiger partial charge in [-0.15, -0.1) is 0 Å². The zero-order valence-corrected chi connectivity index (χ0v) is 12.6. The van der Waals surface area contributed by atoms with E-state index in [1.54, 1.807) is 0 Å². The van der Waals surface area contributed by atoms with Gasteiger partial charge in [0.15, 0.2) is 5.82 Å². The smallest absolute Gasteiger partial charge is 0.248 e. The van der Waals surface area contributed by atoms with Crippen molar-refractivity contribution in [2.24, 2.45) is 5.92 Å². The Morgan fingerprint density at radius 2 is 2.25 bits per heavy atom. The lowest BCUT2D eigenvalue weighted by Gasteiger charge is -2.13. The third kappa shape index (κ3) is 3.79. The van der Waals surface area contributed by atoms with Gasteiger partial charge in [-0.05, 0) is 19.3 Å². The highest BCUT2D eigenvalue weighted by Gasteiger charge is 2.25.